The number of methoxy groups -OCH3 is 1. The van der Waals surface area contributed by atoms with Crippen LogP contribution in [-0.4, -0.2) is 17.5 Å². The van der Waals surface area contributed by atoms with E-state index in [-0.39, 0.29) is 11.3 Å². The van der Waals surface area contributed by atoms with E-state index in [0.717, 1.165) is 16.9 Å². The fraction of sp³-hybridized carbons (Fsp3) is 0.174. The second-order valence-corrected chi connectivity index (χ2v) is 7.83. The highest BCUT2D eigenvalue weighted by Crippen LogP contribution is 2.31. The first-order chi connectivity index (χ1) is 14.0. The fourth-order valence-electron chi connectivity index (χ4n) is 3.57. The van der Waals surface area contributed by atoms with Crippen LogP contribution >= 0.6 is 11.3 Å². The van der Waals surface area contributed by atoms with Gasteiger partial charge in [-0.15, -0.1) is 0 Å². The fourth-order valence-corrected chi connectivity index (χ4v) is 4.62. The van der Waals surface area contributed by atoms with Crippen LogP contribution in [-0.2, 0) is 4.79 Å². The van der Waals surface area contributed by atoms with Crippen LogP contribution in [0.15, 0.2) is 75.7 Å². The number of carbonyl (C=O) groups is 1. The summed E-state index contributed by atoms with van der Waals surface area (Å²) in [6.07, 6.45) is 1.86. The lowest BCUT2D eigenvalue weighted by atomic mass is 9.93. The van der Waals surface area contributed by atoms with E-state index in [1.807, 2.05) is 67.6 Å². The maximum atomic E-state index is 13.3. The Morgan fingerprint density at radius 3 is 2.45 bits per heavy atom. The summed E-state index contributed by atoms with van der Waals surface area (Å²) in [5.74, 6) is 0.625. The smallest absolute Gasteiger partial charge is 0.271 e. The zero-order chi connectivity index (χ0) is 20.5. The predicted molar refractivity (Wildman–Crippen MR) is 114 cm³/mol. The average Bonchev–Trinajstić information content (AvgIpc) is 3.02. The van der Waals surface area contributed by atoms with Crippen molar-refractivity contribution in [1.82, 2.24) is 4.57 Å². The quantitative estimate of drug-likeness (QED) is 0.672. The summed E-state index contributed by atoms with van der Waals surface area (Å²) in [5, 5.41) is 0. The van der Waals surface area contributed by atoms with Crippen LogP contribution in [0.5, 0.6) is 5.75 Å². The van der Waals surface area contributed by atoms with E-state index >= 15 is 0 Å². The molecule has 4 rings (SSSR count). The number of thiazole rings is 1. The summed E-state index contributed by atoms with van der Waals surface area (Å²) in [5.41, 5.74) is 2.82. The van der Waals surface area contributed by atoms with E-state index in [9.17, 15) is 9.59 Å². The Bertz CT molecular complexity index is 1280. The van der Waals surface area contributed by atoms with Gasteiger partial charge in [0.1, 0.15) is 5.75 Å². The van der Waals surface area contributed by atoms with Gasteiger partial charge in [0.15, 0.2) is 10.6 Å². The molecule has 1 aliphatic rings. The molecule has 0 amide bonds. The number of benzene rings is 2. The maximum absolute atomic E-state index is 13.3. The molecule has 0 unspecified atom stereocenters. The van der Waals surface area contributed by atoms with E-state index < -0.39 is 6.04 Å². The van der Waals surface area contributed by atoms with Crippen molar-refractivity contribution in [3.05, 3.63) is 96.7 Å². The number of ether oxygens (including phenoxy) is 1. The molecule has 0 N–H and O–H groups in total. The molecule has 1 aromatic heterocycles. The SMILES string of the molecule is COc1ccc([C@H]2C(C(C)=O)=C(C)N=c3s/c(=C/c4ccccc4)c(=O)n32)cc1. The third kappa shape index (κ3) is 3.47. The number of Topliss-reactive ketones (excluding diaryl/α,β-unsaturated/α-hetero) is 1. The zero-order valence-electron chi connectivity index (χ0n) is 16.4. The molecule has 3 aromatic rings. The van der Waals surface area contributed by atoms with Crippen molar-refractivity contribution in [3.63, 3.8) is 0 Å². The van der Waals surface area contributed by atoms with Crippen molar-refractivity contribution in [2.45, 2.75) is 19.9 Å². The van der Waals surface area contributed by atoms with Gasteiger partial charge in [0, 0.05) is 11.3 Å². The minimum atomic E-state index is -0.507. The summed E-state index contributed by atoms with van der Waals surface area (Å²) in [4.78, 5) is 31.0. The molecule has 6 heteroatoms. The lowest BCUT2D eigenvalue weighted by molar-refractivity contribution is -0.114. The number of hydrogen-bond acceptors (Lipinski definition) is 5. The number of rotatable bonds is 4. The summed E-state index contributed by atoms with van der Waals surface area (Å²) in [6.45, 7) is 3.34. The minimum Gasteiger partial charge on any atom is -0.497 e. The van der Waals surface area contributed by atoms with Crippen LogP contribution in [0.25, 0.3) is 6.08 Å². The molecule has 0 spiro atoms. The van der Waals surface area contributed by atoms with E-state index in [0.29, 0.717) is 20.6 Å². The van der Waals surface area contributed by atoms with Crippen molar-refractivity contribution in [3.8, 4) is 5.75 Å². The lowest BCUT2D eigenvalue weighted by Crippen LogP contribution is -2.39. The second-order valence-electron chi connectivity index (χ2n) is 6.82. The molecular formula is C23H20N2O3S. The number of hydrogen-bond donors (Lipinski definition) is 0. The molecule has 1 atom stereocenters. The number of fused-ring (bicyclic) bond motifs is 1. The molecule has 0 radical (unpaired) electrons. The van der Waals surface area contributed by atoms with Crippen molar-refractivity contribution in [2.24, 2.45) is 4.99 Å². The molecule has 1 aliphatic heterocycles. The van der Waals surface area contributed by atoms with E-state index in [1.165, 1.54) is 18.3 Å². The molecule has 0 bridgehead atoms. The van der Waals surface area contributed by atoms with Crippen LogP contribution in [0.1, 0.15) is 31.0 Å². The van der Waals surface area contributed by atoms with Crippen molar-refractivity contribution < 1.29 is 9.53 Å². The van der Waals surface area contributed by atoms with Gasteiger partial charge in [0.05, 0.1) is 17.7 Å². The van der Waals surface area contributed by atoms with Gasteiger partial charge in [-0.3, -0.25) is 14.2 Å². The zero-order valence-corrected chi connectivity index (χ0v) is 17.2. The first kappa shape index (κ1) is 19.1. The Morgan fingerprint density at radius 1 is 1.14 bits per heavy atom. The topological polar surface area (TPSA) is 60.7 Å². The highest BCUT2D eigenvalue weighted by atomic mass is 32.1. The maximum Gasteiger partial charge on any atom is 0.271 e. The van der Waals surface area contributed by atoms with Crippen LogP contribution in [0.4, 0.5) is 0 Å². The summed E-state index contributed by atoms with van der Waals surface area (Å²) >= 11 is 1.34. The number of ketones is 1. The third-order valence-corrected chi connectivity index (χ3v) is 5.91. The normalized spacial score (nSPS) is 16.4. The molecule has 146 valence electrons. The van der Waals surface area contributed by atoms with Crippen molar-refractivity contribution in [2.75, 3.05) is 7.11 Å². The van der Waals surface area contributed by atoms with Crippen LogP contribution < -0.4 is 19.6 Å². The first-order valence-corrected chi connectivity index (χ1v) is 10.0. The lowest BCUT2D eigenvalue weighted by Gasteiger charge is -2.24. The molecule has 5 nitrogen and oxygen atoms in total. The van der Waals surface area contributed by atoms with Crippen molar-refractivity contribution >= 4 is 23.2 Å². The van der Waals surface area contributed by atoms with Crippen LogP contribution in [0.2, 0.25) is 0 Å². The van der Waals surface area contributed by atoms with E-state index in [4.69, 9.17) is 4.74 Å². The van der Waals surface area contributed by atoms with Crippen molar-refractivity contribution in [1.29, 1.82) is 0 Å². The van der Waals surface area contributed by atoms with Crippen LogP contribution in [0, 0.1) is 0 Å². The van der Waals surface area contributed by atoms with Gasteiger partial charge < -0.3 is 4.74 Å². The van der Waals surface area contributed by atoms with Crippen LogP contribution in [0.3, 0.4) is 0 Å². The molecule has 0 fully saturated rings. The molecular weight excluding hydrogens is 384 g/mol. The largest absolute Gasteiger partial charge is 0.497 e. The molecule has 2 heterocycles. The van der Waals surface area contributed by atoms with Gasteiger partial charge in [-0.05, 0) is 43.2 Å². The van der Waals surface area contributed by atoms with Gasteiger partial charge in [-0.25, -0.2) is 4.99 Å². The van der Waals surface area contributed by atoms with E-state index in [1.54, 1.807) is 11.7 Å². The van der Waals surface area contributed by atoms with Gasteiger partial charge in [-0.1, -0.05) is 53.8 Å². The number of nitrogens with zero attached hydrogens (tertiary/aromatic N) is 2. The number of allylic oxidation sites excluding steroid dienone is 2. The Morgan fingerprint density at radius 2 is 1.83 bits per heavy atom. The van der Waals surface area contributed by atoms with Gasteiger partial charge in [0.25, 0.3) is 5.56 Å². The minimum absolute atomic E-state index is 0.0931. The van der Waals surface area contributed by atoms with E-state index in [2.05, 4.69) is 4.99 Å². The summed E-state index contributed by atoms with van der Waals surface area (Å²) in [6, 6.07) is 16.6. The average molecular weight is 404 g/mol. The standard InChI is InChI=1S/C23H20N2O3S/c1-14-20(15(2)26)21(17-9-11-18(28-3)12-10-17)25-22(27)19(29-23(25)24-14)13-16-7-5-4-6-8-16/h4-13,21H,1-3H3/b19-13+/t21-/m0/s1. The molecule has 0 saturated heterocycles. The predicted octanol–water partition coefficient (Wildman–Crippen LogP) is 2.83. The molecule has 2 aromatic carbocycles. The van der Waals surface area contributed by atoms with Gasteiger partial charge >= 0.3 is 0 Å². The Labute approximate surface area is 171 Å². The summed E-state index contributed by atoms with van der Waals surface area (Å²) in [7, 11) is 1.60. The third-order valence-electron chi connectivity index (χ3n) is 4.93. The Kier molecular flexibility index (Phi) is 5.03. The monoisotopic (exact) mass is 404 g/mol. The highest BCUT2D eigenvalue weighted by Gasteiger charge is 2.30. The highest BCUT2D eigenvalue weighted by molar-refractivity contribution is 7.07. The van der Waals surface area contributed by atoms with Gasteiger partial charge in [-0.2, -0.15) is 0 Å². The summed E-state index contributed by atoms with van der Waals surface area (Å²) < 4.78 is 7.47. The molecule has 0 saturated carbocycles. The molecule has 0 aliphatic carbocycles. The Balaban J connectivity index is 1.96. The first-order valence-electron chi connectivity index (χ1n) is 9.22. The Hall–Kier alpha value is -3.25. The molecule has 29 heavy (non-hydrogen) atoms. The number of carbonyl (C=O) groups excluding carboxylic acids is 1. The second kappa shape index (κ2) is 7.64. The number of aromatic nitrogens is 1. The van der Waals surface area contributed by atoms with Gasteiger partial charge in [0.2, 0.25) is 0 Å².